The van der Waals surface area contributed by atoms with Crippen molar-refractivity contribution in [2.75, 3.05) is 18.4 Å². The van der Waals surface area contributed by atoms with Gasteiger partial charge in [0.25, 0.3) is 0 Å². The topological polar surface area (TPSA) is 75.4 Å². The largest absolute Gasteiger partial charge is 0.341 e. The van der Waals surface area contributed by atoms with Gasteiger partial charge in [-0.25, -0.2) is 0 Å². The van der Waals surface area contributed by atoms with Crippen molar-refractivity contribution in [1.29, 1.82) is 0 Å². The molecule has 1 unspecified atom stereocenters. The van der Waals surface area contributed by atoms with Crippen LogP contribution in [0, 0.1) is 0 Å². The summed E-state index contributed by atoms with van der Waals surface area (Å²) in [4.78, 5) is 25.9. The van der Waals surface area contributed by atoms with E-state index in [0.29, 0.717) is 35.5 Å². The number of likely N-dealkylation sites (tertiary alicyclic amines) is 1. The molecule has 1 aliphatic rings. The standard InChI is InChI=1S/C22H25Cl2N3O2/c1-14(28)26-19-4-2-3-16(11-19)15-7-9-27(10-8-15)22(29)21(25)12-17-5-6-18(23)13-20(17)24/h2-6,11,13,15,21H,7-10,12,25H2,1H3,(H,26,28). The molecule has 0 aliphatic carbocycles. The highest BCUT2D eigenvalue weighted by Crippen LogP contribution is 2.30. The lowest BCUT2D eigenvalue weighted by Crippen LogP contribution is -2.47. The number of hydrogen-bond donors (Lipinski definition) is 2. The first-order valence-corrected chi connectivity index (χ1v) is 10.4. The van der Waals surface area contributed by atoms with Crippen molar-refractivity contribution in [3.63, 3.8) is 0 Å². The number of carbonyl (C=O) groups is 2. The molecule has 0 aromatic heterocycles. The summed E-state index contributed by atoms with van der Waals surface area (Å²) in [6.07, 6.45) is 2.11. The molecule has 1 saturated heterocycles. The zero-order valence-electron chi connectivity index (χ0n) is 16.3. The number of piperidine rings is 1. The molecule has 154 valence electrons. The van der Waals surface area contributed by atoms with Gasteiger partial charge < -0.3 is 16.0 Å². The van der Waals surface area contributed by atoms with Crippen LogP contribution in [0.2, 0.25) is 10.0 Å². The average Bonchev–Trinajstić information content (AvgIpc) is 2.69. The lowest BCUT2D eigenvalue weighted by atomic mass is 9.89. The summed E-state index contributed by atoms with van der Waals surface area (Å²) < 4.78 is 0. The molecule has 2 aromatic rings. The molecule has 3 rings (SSSR count). The molecule has 1 heterocycles. The fourth-order valence-corrected chi connectivity index (χ4v) is 4.24. The van der Waals surface area contributed by atoms with Gasteiger partial charge in [0, 0.05) is 35.7 Å². The minimum Gasteiger partial charge on any atom is -0.341 e. The van der Waals surface area contributed by atoms with Crippen molar-refractivity contribution in [3.8, 4) is 0 Å². The molecule has 29 heavy (non-hydrogen) atoms. The summed E-state index contributed by atoms with van der Waals surface area (Å²) in [5.74, 6) is 0.216. The molecule has 2 aromatic carbocycles. The van der Waals surface area contributed by atoms with Gasteiger partial charge in [-0.2, -0.15) is 0 Å². The van der Waals surface area contributed by atoms with Gasteiger partial charge in [-0.05, 0) is 60.6 Å². The molecule has 5 nitrogen and oxygen atoms in total. The molecule has 3 N–H and O–H groups in total. The van der Waals surface area contributed by atoms with E-state index in [1.807, 2.05) is 29.2 Å². The number of benzene rings is 2. The smallest absolute Gasteiger partial charge is 0.239 e. The van der Waals surface area contributed by atoms with Gasteiger partial charge in [0.15, 0.2) is 0 Å². The van der Waals surface area contributed by atoms with Gasteiger partial charge in [-0.15, -0.1) is 0 Å². The van der Waals surface area contributed by atoms with Crippen LogP contribution in [0.15, 0.2) is 42.5 Å². The summed E-state index contributed by atoms with van der Waals surface area (Å²) in [6, 6.07) is 12.5. The number of rotatable bonds is 5. The Bertz CT molecular complexity index is 895. The molecular formula is C22H25Cl2N3O2. The third kappa shape index (κ3) is 5.72. The highest BCUT2D eigenvalue weighted by Gasteiger charge is 2.27. The van der Waals surface area contributed by atoms with E-state index in [1.165, 1.54) is 12.5 Å². The van der Waals surface area contributed by atoms with Crippen LogP contribution in [0.5, 0.6) is 0 Å². The highest BCUT2D eigenvalue weighted by atomic mass is 35.5. The lowest BCUT2D eigenvalue weighted by Gasteiger charge is -2.34. The molecule has 0 saturated carbocycles. The van der Waals surface area contributed by atoms with Gasteiger partial charge in [-0.1, -0.05) is 41.4 Å². The summed E-state index contributed by atoms with van der Waals surface area (Å²) in [7, 11) is 0. The van der Waals surface area contributed by atoms with E-state index >= 15 is 0 Å². The van der Waals surface area contributed by atoms with Crippen molar-refractivity contribution < 1.29 is 9.59 Å². The van der Waals surface area contributed by atoms with Gasteiger partial charge in [0.2, 0.25) is 11.8 Å². The maximum Gasteiger partial charge on any atom is 0.239 e. The van der Waals surface area contributed by atoms with Crippen molar-refractivity contribution in [2.45, 2.75) is 38.1 Å². The van der Waals surface area contributed by atoms with Crippen LogP contribution in [-0.4, -0.2) is 35.8 Å². The van der Waals surface area contributed by atoms with E-state index in [0.717, 1.165) is 24.1 Å². The van der Waals surface area contributed by atoms with E-state index in [9.17, 15) is 9.59 Å². The number of halogens is 2. The Morgan fingerprint density at radius 3 is 2.55 bits per heavy atom. The fraction of sp³-hybridized carbons (Fsp3) is 0.364. The zero-order chi connectivity index (χ0) is 21.0. The monoisotopic (exact) mass is 433 g/mol. The number of hydrogen-bond acceptors (Lipinski definition) is 3. The third-order valence-corrected chi connectivity index (χ3v) is 5.84. The Morgan fingerprint density at radius 1 is 1.17 bits per heavy atom. The van der Waals surface area contributed by atoms with Crippen LogP contribution >= 0.6 is 23.2 Å². The molecule has 2 amide bonds. The maximum absolute atomic E-state index is 12.8. The van der Waals surface area contributed by atoms with E-state index in [2.05, 4.69) is 11.4 Å². The molecule has 0 spiro atoms. The van der Waals surface area contributed by atoms with Crippen LogP contribution in [0.3, 0.4) is 0 Å². The zero-order valence-corrected chi connectivity index (χ0v) is 17.8. The molecular weight excluding hydrogens is 409 g/mol. The molecule has 0 bridgehead atoms. The molecule has 7 heteroatoms. The molecule has 1 aliphatic heterocycles. The number of nitrogens with zero attached hydrogens (tertiary/aromatic N) is 1. The second-order valence-corrected chi connectivity index (χ2v) is 8.30. The first-order valence-electron chi connectivity index (χ1n) is 9.69. The van der Waals surface area contributed by atoms with E-state index in [-0.39, 0.29) is 11.8 Å². The summed E-state index contributed by atoms with van der Waals surface area (Å²) in [5, 5.41) is 3.90. The van der Waals surface area contributed by atoms with Gasteiger partial charge in [0.1, 0.15) is 0 Å². The number of anilines is 1. The molecule has 0 radical (unpaired) electrons. The highest BCUT2D eigenvalue weighted by molar-refractivity contribution is 6.35. The Morgan fingerprint density at radius 2 is 1.90 bits per heavy atom. The van der Waals surface area contributed by atoms with E-state index in [1.54, 1.807) is 12.1 Å². The minimum atomic E-state index is -0.631. The Labute approximate surface area is 181 Å². The third-order valence-electron chi connectivity index (χ3n) is 5.26. The molecule has 1 atom stereocenters. The first kappa shape index (κ1) is 21.6. The van der Waals surface area contributed by atoms with Crippen molar-refractivity contribution in [3.05, 3.63) is 63.6 Å². The first-order chi connectivity index (χ1) is 13.8. The van der Waals surface area contributed by atoms with Gasteiger partial charge in [-0.3, -0.25) is 9.59 Å². The molecule has 1 fully saturated rings. The van der Waals surface area contributed by atoms with Crippen molar-refractivity contribution in [2.24, 2.45) is 5.73 Å². The Balaban J connectivity index is 1.57. The number of nitrogens with two attached hydrogens (primary N) is 1. The summed E-state index contributed by atoms with van der Waals surface area (Å²) in [5.41, 5.74) is 8.98. The van der Waals surface area contributed by atoms with Crippen molar-refractivity contribution in [1.82, 2.24) is 4.90 Å². The number of carbonyl (C=O) groups excluding carboxylic acids is 2. The number of nitrogens with one attached hydrogen (secondary N) is 1. The minimum absolute atomic E-state index is 0.0542. The number of amides is 2. The van der Waals surface area contributed by atoms with Crippen LogP contribution in [0.1, 0.15) is 36.8 Å². The SMILES string of the molecule is CC(=O)Nc1cccc(C2CCN(C(=O)C(N)Cc3ccc(Cl)cc3Cl)CC2)c1. The lowest BCUT2D eigenvalue weighted by molar-refractivity contribution is -0.133. The van der Waals surface area contributed by atoms with Crippen LogP contribution in [0.4, 0.5) is 5.69 Å². The van der Waals surface area contributed by atoms with Gasteiger partial charge >= 0.3 is 0 Å². The fourth-order valence-electron chi connectivity index (χ4n) is 3.75. The maximum atomic E-state index is 12.8. The quantitative estimate of drug-likeness (QED) is 0.740. The Kier molecular flexibility index (Phi) is 7.17. The van der Waals surface area contributed by atoms with Crippen molar-refractivity contribution >= 4 is 40.7 Å². The van der Waals surface area contributed by atoms with Gasteiger partial charge in [0.05, 0.1) is 6.04 Å². The Hall–Kier alpha value is -2.08. The van der Waals surface area contributed by atoms with Crippen LogP contribution < -0.4 is 11.1 Å². The predicted molar refractivity (Wildman–Crippen MR) is 117 cm³/mol. The summed E-state index contributed by atoms with van der Waals surface area (Å²) in [6.45, 7) is 2.82. The van der Waals surface area contributed by atoms with Crippen LogP contribution in [-0.2, 0) is 16.0 Å². The van der Waals surface area contributed by atoms with E-state index in [4.69, 9.17) is 28.9 Å². The van der Waals surface area contributed by atoms with Crippen LogP contribution in [0.25, 0.3) is 0 Å². The summed E-state index contributed by atoms with van der Waals surface area (Å²) >= 11 is 12.1. The second kappa shape index (κ2) is 9.61. The van der Waals surface area contributed by atoms with E-state index < -0.39 is 6.04 Å². The predicted octanol–water partition coefficient (Wildman–Crippen LogP) is 4.23. The second-order valence-electron chi connectivity index (χ2n) is 7.45. The normalized spacial score (nSPS) is 15.8. The average molecular weight is 434 g/mol.